The Balaban J connectivity index is 3.04. The van der Waals surface area contributed by atoms with E-state index >= 15 is 0 Å². The maximum absolute atomic E-state index is 5.42. The predicted molar refractivity (Wildman–Crippen MR) is 40.7 cm³/mol. The Bertz CT molecular complexity index is 240. The molecule has 2 N–H and O–H groups in total. The van der Waals surface area contributed by atoms with Crippen LogP contribution in [-0.4, -0.2) is 17.1 Å². The van der Waals surface area contributed by atoms with Gasteiger partial charge < -0.3 is 10.5 Å². The Hall–Kier alpha value is -0.840. The van der Waals surface area contributed by atoms with Crippen LogP contribution in [-0.2, 0) is 0 Å². The molecule has 0 aliphatic rings. The third-order valence-electron chi connectivity index (χ3n) is 0.932. The van der Waals surface area contributed by atoms with E-state index in [2.05, 4.69) is 25.9 Å². The number of rotatable bonds is 1. The molecule has 0 aliphatic carbocycles. The van der Waals surface area contributed by atoms with Gasteiger partial charge in [-0.25, -0.2) is 4.98 Å². The summed E-state index contributed by atoms with van der Waals surface area (Å²) in [6.07, 6.45) is 1.54. The summed E-state index contributed by atoms with van der Waals surface area (Å²) in [5.41, 5.74) is 5.42. The van der Waals surface area contributed by atoms with Crippen molar-refractivity contribution in [3.63, 3.8) is 0 Å². The summed E-state index contributed by atoms with van der Waals surface area (Å²) in [4.78, 5) is 7.59. The van der Waals surface area contributed by atoms with Gasteiger partial charge in [0.25, 0.3) is 0 Å². The number of nitrogens with zero attached hydrogens (tertiary/aromatic N) is 2. The fraction of sp³-hybridized carbons (Fsp3) is 0.200. The van der Waals surface area contributed by atoms with Crippen molar-refractivity contribution in [2.45, 2.75) is 0 Å². The summed E-state index contributed by atoms with van der Waals surface area (Å²) < 4.78 is 5.40. The van der Waals surface area contributed by atoms with Crippen LogP contribution in [0, 0.1) is 0 Å². The zero-order chi connectivity index (χ0) is 7.56. The summed E-state index contributed by atoms with van der Waals surface area (Å²) in [6, 6.07) is 0.278. The Kier molecular flexibility index (Phi) is 2.06. The lowest BCUT2D eigenvalue weighted by Crippen LogP contribution is -1.96. The van der Waals surface area contributed by atoms with Crippen LogP contribution in [0.2, 0.25) is 0 Å². The van der Waals surface area contributed by atoms with E-state index < -0.39 is 0 Å². The normalized spacial score (nSPS) is 9.40. The number of hydrogen-bond acceptors (Lipinski definition) is 4. The van der Waals surface area contributed by atoms with Gasteiger partial charge in [-0.1, -0.05) is 0 Å². The van der Waals surface area contributed by atoms with E-state index in [1.165, 1.54) is 7.11 Å². The van der Waals surface area contributed by atoms with Crippen LogP contribution in [0.15, 0.2) is 10.7 Å². The molecular weight excluding hydrogens is 198 g/mol. The molecule has 0 bridgehead atoms. The third kappa shape index (κ3) is 1.36. The Morgan fingerprint density at radius 2 is 2.40 bits per heavy atom. The monoisotopic (exact) mass is 203 g/mol. The molecule has 10 heavy (non-hydrogen) atoms. The predicted octanol–water partition coefficient (Wildman–Crippen LogP) is 0.830. The van der Waals surface area contributed by atoms with Crippen LogP contribution in [0.1, 0.15) is 0 Å². The topological polar surface area (TPSA) is 61.0 Å². The number of nitrogen functional groups attached to an aromatic ring is 1. The van der Waals surface area contributed by atoms with Crippen LogP contribution in [0.25, 0.3) is 0 Å². The van der Waals surface area contributed by atoms with E-state index in [1.54, 1.807) is 6.20 Å². The van der Waals surface area contributed by atoms with Gasteiger partial charge in [0, 0.05) is 0 Å². The average Bonchev–Trinajstić information content (AvgIpc) is 1.95. The molecular formula is C5H6BrN3O. The fourth-order valence-corrected chi connectivity index (χ4v) is 0.653. The Morgan fingerprint density at radius 1 is 1.70 bits per heavy atom. The number of hydrogen-bond donors (Lipinski definition) is 1. The molecule has 0 fully saturated rings. The van der Waals surface area contributed by atoms with Crippen LogP contribution < -0.4 is 10.5 Å². The summed E-state index contributed by atoms with van der Waals surface area (Å²) in [6.45, 7) is 0. The highest BCUT2D eigenvalue weighted by Gasteiger charge is 1.98. The Morgan fingerprint density at radius 3 is 2.90 bits per heavy atom. The first-order chi connectivity index (χ1) is 4.74. The van der Waals surface area contributed by atoms with Crippen molar-refractivity contribution in [1.29, 1.82) is 0 Å². The van der Waals surface area contributed by atoms with Gasteiger partial charge in [-0.3, -0.25) is 0 Å². The van der Waals surface area contributed by atoms with E-state index in [1.807, 2.05) is 0 Å². The first-order valence-electron chi connectivity index (χ1n) is 2.56. The minimum atomic E-state index is 0.278. The van der Waals surface area contributed by atoms with Gasteiger partial charge in [-0.05, 0) is 15.9 Å². The fourth-order valence-electron chi connectivity index (χ4n) is 0.462. The molecule has 1 rings (SSSR count). The van der Waals surface area contributed by atoms with Crippen molar-refractivity contribution < 1.29 is 4.74 Å². The molecule has 0 unspecified atom stereocenters. The smallest absolute Gasteiger partial charge is 0.318 e. The second kappa shape index (κ2) is 2.83. The Labute approximate surface area is 66.6 Å². The molecule has 0 spiro atoms. The third-order valence-corrected chi connectivity index (χ3v) is 1.54. The number of anilines is 1. The molecule has 0 aliphatic heterocycles. The van der Waals surface area contributed by atoms with E-state index in [4.69, 9.17) is 10.5 Å². The molecule has 5 heteroatoms. The van der Waals surface area contributed by atoms with Crippen LogP contribution in [0.4, 0.5) is 5.82 Å². The van der Waals surface area contributed by atoms with E-state index in [0.717, 1.165) is 0 Å². The van der Waals surface area contributed by atoms with Crippen LogP contribution >= 0.6 is 15.9 Å². The van der Waals surface area contributed by atoms with Crippen molar-refractivity contribution in [3.8, 4) is 6.01 Å². The van der Waals surface area contributed by atoms with Gasteiger partial charge in [0.15, 0.2) is 0 Å². The van der Waals surface area contributed by atoms with Gasteiger partial charge in [-0.2, -0.15) is 4.98 Å². The maximum atomic E-state index is 5.42. The SMILES string of the molecule is COc1ncc(Br)c(N)n1. The molecule has 0 saturated carbocycles. The lowest BCUT2D eigenvalue weighted by atomic mass is 10.6. The lowest BCUT2D eigenvalue weighted by molar-refractivity contribution is 0.380. The molecule has 1 aromatic heterocycles. The zero-order valence-electron chi connectivity index (χ0n) is 5.34. The number of aromatic nitrogens is 2. The molecule has 0 aromatic carbocycles. The van der Waals surface area contributed by atoms with E-state index in [9.17, 15) is 0 Å². The van der Waals surface area contributed by atoms with Crippen molar-refractivity contribution in [2.24, 2.45) is 0 Å². The minimum Gasteiger partial charge on any atom is -0.467 e. The molecule has 0 saturated heterocycles. The molecule has 1 heterocycles. The van der Waals surface area contributed by atoms with Crippen molar-refractivity contribution in [3.05, 3.63) is 10.7 Å². The summed E-state index contributed by atoms with van der Waals surface area (Å²) >= 11 is 3.15. The second-order valence-corrected chi connectivity index (χ2v) is 2.44. The summed E-state index contributed by atoms with van der Waals surface area (Å²) in [5.74, 6) is 0.381. The van der Waals surface area contributed by atoms with Gasteiger partial charge >= 0.3 is 6.01 Å². The quantitative estimate of drug-likeness (QED) is 0.735. The largest absolute Gasteiger partial charge is 0.467 e. The zero-order valence-corrected chi connectivity index (χ0v) is 6.92. The average molecular weight is 204 g/mol. The van der Waals surface area contributed by atoms with Crippen LogP contribution in [0.3, 0.4) is 0 Å². The molecule has 0 amide bonds. The molecule has 1 aromatic rings. The number of nitrogens with two attached hydrogens (primary N) is 1. The minimum absolute atomic E-state index is 0.278. The molecule has 0 radical (unpaired) electrons. The molecule has 4 nitrogen and oxygen atoms in total. The summed E-state index contributed by atoms with van der Waals surface area (Å²) in [7, 11) is 1.49. The highest BCUT2D eigenvalue weighted by atomic mass is 79.9. The second-order valence-electron chi connectivity index (χ2n) is 1.59. The number of ether oxygens (including phenoxy) is 1. The van der Waals surface area contributed by atoms with E-state index in [-0.39, 0.29) is 6.01 Å². The molecule has 54 valence electrons. The molecule has 0 atom stereocenters. The van der Waals surface area contributed by atoms with Crippen LogP contribution in [0.5, 0.6) is 6.01 Å². The van der Waals surface area contributed by atoms with Crippen molar-refractivity contribution in [2.75, 3.05) is 12.8 Å². The van der Waals surface area contributed by atoms with Gasteiger partial charge in [0.1, 0.15) is 5.82 Å². The number of halogens is 1. The van der Waals surface area contributed by atoms with E-state index in [0.29, 0.717) is 10.3 Å². The highest BCUT2D eigenvalue weighted by Crippen LogP contribution is 2.16. The number of methoxy groups -OCH3 is 1. The first-order valence-corrected chi connectivity index (χ1v) is 3.35. The highest BCUT2D eigenvalue weighted by molar-refractivity contribution is 9.10. The van der Waals surface area contributed by atoms with Gasteiger partial charge in [-0.15, -0.1) is 0 Å². The lowest BCUT2D eigenvalue weighted by Gasteiger charge is -1.98. The summed E-state index contributed by atoms with van der Waals surface area (Å²) in [5, 5.41) is 0. The standard InChI is InChI=1S/C5H6BrN3O/c1-10-5-8-2-3(6)4(7)9-5/h2H,1H3,(H2,7,8,9). The van der Waals surface area contributed by atoms with Crippen molar-refractivity contribution >= 4 is 21.7 Å². The van der Waals surface area contributed by atoms with Gasteiger partial charge in [0.05, 0.1) is 17.8 Å². The van der Waals surface area contributed by atoms with Gasteiger partial charge in [0.2, 0.25) is 0 Å². The van der Waals surface area contributed by atoms with Crippen molar-refractivity contribution in [1.82, 2.24) is 9.97 Å². The maximum Gasteiger partial charge on any atom is 0.318 e. The first kappa shape index (κ1) is 7.27.